The molecule has 4 heteroatoms. The van der Waals surface area contributed by atoms with Crippen LogP contribution in [0.25, 0.3) is 0 Å². The van der Waals surface area contributed by atoms with Crippen molar-refractivity contribution in [3.63, 3.8) is 0 Å². The summed E-state index contributed by atoms with van der Waals surface area (Å²) in [6.45, 7) is 4.66. The van der Waals surface area contributed by atoms with Gasteiger partial charge in [0.2, 0.25) is 0 Å². The van der Waals surface area contributed by atoms with Gasteiger partial charge < -0.3 is 15.0 Å². The molecule has 0 aliphatic rings. The van der Waals surface area contributed by atoms with E-state index >= 15 is 0 Å². The molecular weight excluding hydrogens is 300 g/mol. The Kier molecular flexibility index (Phi) is 5.99. The van der Waals surface area contributed by atoms with E-state index in [1.54, 1.807) is 7.11 Å². The number of quaternary nitrogens is 1. The number of likely N-dealkylation sites (N-methyl/N-ethyl adjacent to an activating group) is 1. The lowest BCUT2D eigenvalue weighted by molar-refractivity contribution is -0.890. The Morgan fingerprint density at radius 1 is 1.08 bits per heavy atom. The van der Waals surface area contributed by atoms with Crippen LogP contribution in [0.3, 0.4) is 0 Å². The molecule has 2 aromatic carbocycles. The molecule has 0 aliphatic heterocycles. The van der Waals surface area contributed by atoms with Crippen LogP contribution < -0.4 is 15.0 Å². The van der Waals surface area contributed by atoms with Crippen LogP contribution in [-0.4, -0.2) is 33.7 Å². The highest BCUT2D eigenvalue weighted by molar-refractivity contribution is 5.94. The maximum Gasteiger partial charge on any atom is 0.251 e. The lowest BCUT2D eigenvalue weighted by atomic mass is 10.0. The van der Waals surface area contributed by atoms with Gasteiger partial charge >= 0.3 is 0 Å². The summed E-state index contributed by atoms with van der Waals surface area (Å²) in [6.07, 6.45) is 0. The normalized spacial score (nSPS) is 12.1. The number of methoxy groups -OCH3 is 1. The molecule has 0 bridgehead atoms. The topological polar surface area (TPSA) is 42.8 Å². The van der Waals surface area contributed by atoms with Crippen molar-refractivity contribution in [2.75, 3.05) is 27.7 Å². The highest BCUT2D eigenvalue weighted by Crippen LogP contribution is 2.16. The minimum Gasteiger partial charge on any atom is -0.497 e. The van der Waals surface area contributed by atoms with Gasteiger partial charge in [0.05, 0.1) is 27.7 Å². The second kappa shape index (κ2) is 7.97. The molecule has 128 valence electrons. The first-order chi connectivity index (χ1) is 11.4. The largest absolute Gasteiger partial charge is 0.497 e. The van der Waals surface area contributed by atoms with Gasteiger partial charge in [-0.05, 0) is 61.4 Å². The molecule has 0 spiro atoms. The molecule has 2 rings (SSSR count). The minimum absolute atomic E-state index is 0.0298. The SMILES string of the molecule is COc1ccc([C@H](CNC(=O)c2ccc(C)c(C)c2)[NH+](C)C)cc1. The average Bonchev–Trinajstić information content (AvgIpc) is 2.57. The van der Waals surface area contributed by atoms with Crippen molar-refractivity contribution >= 4 is 5.91 Å². The third-order valence-electron chi connectivity index (χ3n) is 4.45. The Balaban J connectivity index is 2.07. The molecule has 0 unspecified atom stereocenters. The van der Waals surface area contributed by atoms with Crippen LogP contribution in [0.2, 0.25) is 0 Å². The van der Waals surface area contributed by atoms with Gasteiger partial charge in [-0.1, -0.05) is 6.07 Å². The molecule has 0 aromatic heterocycles. The van der Waals surface area contributed by atoms with Gasteiger partial charge in [-0.2, -0.15) is 0 Å². The van der Waals surface area contributed by atoms with Gasteiger partial charge in [0.15, 0.2) is 0 Å². The Labute approximate surface area is 144 Å². The van der Waals surface area contributed by atoms with E-state index in [0.29, 0.717) is 12.1 Å². The molecule has 1 atom stereocenters. The summed E-state index contributed by atoms with van der Waals surface area (Å²) >= 11 is 0. The van der Waals surface area contributed by atoms with Crippen LogP contribution in [0.1, 0.15) is 33.1 Å². The van der Waals surface area contributed by atoms with Crippen molar-refractivity contribution < 1.29 is 14.4 Å². The maximum absolute atomic E-state index is 12.4. The number of rotatable bonds is 6. The highest BCUT2D eigenvalue weighted by atomic mass is 16.5. The second-order valence-corrected chi connectivity index (χ2v) is 6.41. The summed E-state index contributed by atoms with van der Waals surface area (Å²) in [4.78, 5) is 13.7. The van der Waals surface area contributed by atoms with Crippen molar-refractivity contribution in [3.05, 3.63) is 64.7 Å². The molecular formula is C20H27N2O2+. The van der Waals surface area contributed by atoms with Crippen LogP contribution in [0.15, 0.2) is 42.5 Å². The molecule has 0 saturated carbocycles. The molecule has 2 aromatic rings. The van der Waals surface area contributed by atoms with Gasteiger partial charge in [-0.15, -0.1) is 0 Å². The second-order valence-electron chi connectivity index (χ2n) is 6.41. The number of ether oxygens (including phenoxy) is 1. The molecule has 1 amide bonds. The van der Waals surface area contributed by atoms with E-state index in [-0.39, 0.29) is 11.9 Å². The minimum atomic E-state index is -0.0298. The lowest BCUT2D eigenvalue weighted by Gasteiger charge is -2.22. The number of nitrogens with one attached hydrogen (secondary N) is 2. The fourth-order valence-corrected chi connectivity index (χ4v) is 2.67. The van der Waals surface area contributed by atoms with Crippen LogP contribution in [0.5, 0.6) is 5.75 Å². The summed E-state index contributed by atoms with van der Waals surface area (Å²) in [5.41, 5.74) is 4.21. The van der Waals surface area contributed by atoms with Crippen molar-refractivity contribution in [1.82, 2.24) is 5.32 Å². The number of amides is 1. The first-order valence-corrected chi connectivity index (χ1v) is 8.22. The molecule has 4 nitrogen and oxygen atoms in total. The molecule has 0 aliphatic carbocycles. The zero-order valence-corrected chi connectivity index (χ0v) is 15.1. The van der Waals surface area contributed by atoms with Crippen molar-refractivity contribution in [2.24, 2.45) is 0 Å². The molecule has 0 saturated heterocycles. The molecule has 0 heterocycles. The Morgan fingerprint density at radius 3 is 2.29 bits per heavy atom. The van der Waals surface area contributed by atoms with Crippen LogP contribution in [-0.2, 0) is 0 Å². The first-order valence-electron chi connectivity index (χ1n) is 8.22. The maximum atomic E-state index is 12.4. The van der Waals surface area contributed by atoms with Gasteiger partial charge in [0, 0.05) is 11.1 Å². The fraction of sp³-hybridized carbons (Fsp3) is 0.350. The lowest BCUT2D eigenvalue weighted by Crippen LogP contribution is -3.07. The van der Waals surface area contributed by atoms with E-state index in [0.717, 1.165) is 11.3 Å². The zero-order valence-electron chi connectivity index (χ0n) is 15.1. The van der Waals surface area contributed by atoms with Crippen LogP contribution in [0, 0.1) is 13.8 Å². The molecule has 0 fully saturated rings. The number of hydrogen-bond acceptors (Lipinski definition) is 2. The fourth-order valence-electron chi connectivity index (χ4n) is 2.67. The number of carbonyl (C=O) groups is 1. The summed E-state index contributed by atoms with van der Waals surface area (Å²) in [5, 5.41) is 3.06. The number of benzene rings is 2. The Morgan fingerprint density at radius 2 is 1.75 bits per heavy atom. The van der Waals surface area contributed by atoms with E-state index in [9.17, 15) is 4.79 Å². The molecule has 24 heavy (non-hydrogen) atoms. The van der Waals surface area contributed by atoms with Gasteiger partial charge in [0.1, 0.15) is 11.8 Å². The van der Waals surface area contributed by atoms with Gasteiger partial charge in [-0.3, -0.25) is 4.79 Å². The van der Waals surface area contributed by atoms with E-state index in [1.165, 1.54) is 16.0 Å². The predicted octanol–water partition coefficient (Wildman–Crippen LogP) is 1.93. The zero-order chi connectivity index (χ0) is 17.7. The standard InChI is InChI=1S/C20H26N2O2/c1-14-6-7-17(12-15(14)2)20(23)21-13-19(22(3)4)16-8-10-18(24-5)11-9-16/h6-12,19H,13H2,1-5H3,(H,21,23)/p+1/t19-/m0/s1. The van der Waals surface area contributed by atoms with E-state index < -0.39 is 0 Å². The molecule has 2 N–H and O–H groups in total. The summed E-state index contributed by atoms with van der Waals surface area (Å²) in [6, 6.07) is 14.0. The predicted molar refractivity (Wildman–Crippen MR) is 96.8 cm³/mol. The van der Waals surface area contributed by atoms with Crippen molar-refractivity contribution in [2.45, 2.75) is 19.9 Å². The quantitative estimate of drug-likeness (QED) is 0.851. The first kappa shape index (κ1) is 18.0. The average molecular weight is 327 g/mol. The Hall–Kier alpha value is -2.33. The summed E-state index contributed by atoms with van der Waals surface area (Å²) < 4.78 is 5.21. The third kappa shape index (κ3) is 4.36. The number of carbonyl (C=O) groups excluding carboxylic acids is 1. The van der Waals surface area contributed by atoms with E-state index in [4.69, 9.17) is 4.74 Å². The summed E-state index contributed by atoms with van der Waals surface area (Å²) in [5.74, 6) is 0.809. The van der Waals surface area contributed by atoms with Crippen LogP contribution in [0.4, 0.5) is 0 Å². The monoisotopic (exact) mass is 327 g/mol. The Bertz CT molecular complexity index is 693. The summed E-state index contributed by atoms with van der Waals surface area (Å²) in [7, 11) is 5.85. The number of hydrogen-bond donors (Lipinski definition) is 2. The third-order valence-corrected chi connectivity index (χ3v) is 4.45. The van der Waals surface area contributed by atoms with Crippen LogP contribution >= 0.6 is 0 Å². The van der Waals surface area contributed by atoms with Gasteiger partial charge in [-0.25, -0.2) is 0 Å². The van der Waals surface area contributed by atoms with E-state index in [1.807, 2.05) is 44.2 Å². The van der Waals surface area contributed by atoms with Crippen molar-refractivity contribution in [1.29, 1.82) is 0 Å². The smallest absolute Gasteiger partial charge is 0.251 e. The van der Waals surface area contributed by atoms with Gasteiger partial charge in [0.25, 0.3) is 5.91 Å². The number of aryl methyl sites for hydroxylation is 2. The highest BCUT2D eigenvalue weighted by Gasteiger charge is 2.19. The van der Waals surface area contributed by atoms with Crippen molar-refractivity contribution in [3.8, 4) is 5.75 Å². The molecule has 0 radical (unpaired) electrons. The van der Waals surface area contributed by atoms with E-state index in [2.05, 4.69) is 31.5 Å².